The molecule has 1 saturated heterocycles. The van der Waals surface area contributed by atoms with E-state index < -0.39 is 18.3 Å². The van der Waals surface area contributed by atoms with Crippen LogP contribution in [0.15, 0.2) is 30.5 Å². The largest absolute Gasteiger partial charge is 0.497 e. The van der Waals surface area contributed by atoms with E-state index in [9.17, 15) is 9.50 Å². The van der Waals surface area contributed by atoms with Gasteiger partial charge in [0.1, 0.15) is 11.9 Å². The number of benzene rings is 1. The van der Waals surface area contributed by atoms with E-state index in [4.69, 9.17) is 10.5 Å². The number of likely N-dealkylation sites (tertiary alicyclic amines) is 1. The van der Waals surface area contributed by atoms with Crippen LogP contribution in [0.2, 0.25) is 0 Å². The number of methoxy groups -OCH3 is 1. The number of piperidine rings is 1. The maximum absolute atomic E-state index is 13.8. The summed E-state index contributed by atoms with van der Waals surface area (Å²) in [5, 5.41) is 11.5. The van der Waals surface area contributed by atoms with Crippen molar-refractivity contribution in [3.63, 3.8) is 0 Å². The molecule has 2 heterocycles. The quantitative estimate of drug-likeness (QED) is 0.896. The number of rotatable bonds is 4. The van der Waals surface area contributed by atoms with Gasteiger partial charge in [-0.25, -0.2) is 4.39 Å². The number of pyridine rings is 1. The molecule has 23 heavy (non-hydrogen) atoms. The van der Waals surface area contributed by atoms with Gasteiger partial charge in [0.15, 0.2) is 0 Å². The van der Waals surface area contributed by atoms with Gasteiger partial charge in [0.2, 0.25) is 0 Å². The molecule has 0 radical (unpaired) electrons. The number of β-amino-alcohol motifs (C(OH)–C–C–N with tert-alkyl or cyclic N) is 1. The Kier molecular flexibility index (Phi) is 4.75. The highest BCUT2D eigenvalue weighted by atomic mass is 19.1. The van der Waals surface area contributed by atoms with Gasteiger partial charge in [-0.2, -0.15) is 0 Å². The summed E-state index contributed by atoms with van der Waals surface area (Å²) in [4.78, 5) is 6.23. The molecule has 6 heteroatoms. The Morgan fingerprint density at radius 1 is 1.48 bits per heavy atom. The summed E-state index contributed by atoms with van der Waals surface area (Å²) in [6.45, 7) is 1.35. The second-order valence-electron chi connectivity index (χ2n) is 6.03. The second-order valence-corrected chi connectivity index (χ2v) is 6.03. The van der Waals surface area contributed by atoms with Gasteiger partial charge in [-0.15, -0.1) is 0 Å². The monoisotopic (exact) mass is 319 g/mol. The Bertz CT molecular complexity index is 682. The molecule has 2 aromatic rings. The number of halogens is 1. The molecule has 3 rings (SSSR count). The van der Waals surface area contributed by atoms with Crippen molar-refractivity contribution in [2.24, 2.45) is 5.73 Å². The predicted octanol–water partition coefficient (Wildman–Crippen LogP) is 1.65. The summed E-state index contributed by atoms with van der Waals surface area (Å²) in [6.07, 6.45) is 0.537. The van der Waals surface area contributed by atoms with Gasteiger partial charge in [-0.05, 0) is 42.8 Å². The fourth-order valence-corrected chi connectivity index (χ4v) is 3.06. The predicted molar refractivity (Wildman–Crippen MR) is 87.2 cm³/mol. The summed E-state index contributed by atoms with van der Waals surface area (Å²) in [5.41, 5.74) is 7.28. The molecule has 2 unspecified atom stereocenters. The summed E-state index contributed by atoms with van der Waals surface area (Å²) in [5.74, 6) is 0.715. The minimum absolute atomic E-state index is 0.268. The number of aliphatic hydroxyl groups excluding tert-OH is 1. The first-order valence-corrected chi connectivity index (χ1v) is 7.81. The fourth-order valence-electron chi connectivity index (χ4n) is 3.06. The molecule has 0 amide bonds. The lowest BCUT2D eigenvalue weighted by Gasteiger charge is -2.34. The minimum atomic E-state index is -1.04. The number of hydrogen-bond acceptors (Lipinski definition) is 5. The average Bonchev–Trinajstić information content (AvgIpc) is 2.57. The highest BCUT2D eigenvalue weighted by Crippen LogP contribution is 2.27. The molecule has 3 atom stereocenters. The van der Waals surface area contributed by atoms with Crippen molar-refractivity contribution >= 4 is 10.9 Å². The van der Waals surface area contributed by atoms with E-state index in [1.807, 2.05) is 23.1 Å². The van der Waals surface area contributed by atoms with Crippen molar-refractivity contribution in [2.45, 2.75) is 24.7 Å². The Morgan fingerprint density at radius 3 is 3.04 bits per heavy atom. The van der Waals surface area contributed by atoms with Gasteiger partial charge in [0, 0.05) is 30.7 Å². The molecule has 1 aliphatic rings. The lowest BCUT2D eigenvalue weighted by atomic mass is 10.0. The van der Waals surface area contributed by atoms with Crippen LogP contribution in [0.5, 0.6) is 5.75 Å². The first-order chi connectivity index (χ1) is 11.1. The van der Waals surface area contributed by atoms with Crippen LogP contribution in [0.1, 0.15) is 18.1 Å². The zero-order valence-electron chi connectivity index (χ0n) is 13.2. The summed E-state index contributed by atoms with van der Waals surface area (Å²) < 4.78 is 19.0. The number of aromatic nitrogens is 1. The number of nitrogens with zero attached hydrogens (tertiary/aromatic N) is 2. The molecule has 5 nitrogen and oxygen atoms in total. The van der Waals surface area contributed by atoms with Crippen molar-refractivity contribution in [2.75, 3.05) is 26.7 Å². The van der Waals surface area contributed by atoms with Crippen LogP contribution < -0.4 is 10.5 Å². The maximum Gasteiger partial charge on any atom is 0.128 e. The van der Waals surface area contributed by atoms with Crippen molar-refractivity contribution < 1.29 is 14.2 Å². The number of nitrogens with two attached hydrogens (primary N) is 1. The average molecular weight is 319 g/mol. The van der Waals surface area contributed by atoms with Gasteiger partial charge in [0.05, 0.1) is 18.7 Å². The van der Waals surface area contributed by atoms with E-state index in [0.29, 0.717) is 25.3 Å². The molecule has 0 spiro atoms. The molecule has 1 aromatic heterocycles. The van der Waals surface area contributed by atoms with Gasteiger partial charge in [-0.1, -0.05) is 0 Å². The standard InChI is InChI=1S/C17H22FN3O2/c1-23-11-2-3-16-13(8-11)12(4-6-20-16)17(22)10-21-7-5-15(19)14(18)9-21/h2-4,6,8,14-15,17,22H,5,7,9-10,19H2,1H3/t14?,15?,17-/m0/s1. The Morgan fingerprint density at radius 2 is 2.30 bits per heavy atom. The molecular formula is C17H22FN3O2. The van der Waals surface area contributed by atoms with Crippen LogP contribution in [0.3, 0.4) is 0 Å². The van der Waals surface area contributed by atoms with E-state index in [-0.39, 0.29) is 6.54 Å². The summed E-state index contributed by atoms with van der Waals surface area (Å²) in [6, 6.07) is 6.97. The maximum atomic E-state index is 13.8. The first-order valence-electron chi connectivity index (χ1n) is 7.81. The van der Waals surface area contributed by atoms with Crippen LogP contribution in [-0.4, -0.2) is 53.9 Å². The Hall–Kier alpha value is -1.76. The van der Waals surface area contributed by atoms with Crippen LogP contribution in [0.4, 0.5) is 4.39 Å². The van der Waals surface area contributed by atoms with Crippen molar-refractivity contribution in [3.05, 3.63) is 36.0 Å². The molecular weight excluding hydrogens is 297 g/mol. The number of fused-ring (bicyclic) bond motifs is 1. The lowest BCUT2D eigenvalue weighted by Crippen LogP contribution is -2.49. The van der Waals surface area contributed by atoms with Gasteiger partial charge in [0.25, 0.3) is 0 Å². The number of alkyl halides is 1. The molecule has 1 aromatic carbocycles. The molecule has 0 bridgehead atoms. The van der Waals surface area contributed by atoms with E-state index in [1.165, 1.54) is 0 Å². The van der Waals surface area contributed by atoms with Gasteiger partial charge in [-0.3, -0.25) is 9.88 Å². The van der Waals surface area contributed by atoms with Gasteiger partial charge >= 0.3 is 0 Å². The lowest BCUT2D eigenvalue weighted by molar-refractivity contribution is 0.0651. The molecule has 124 valence electrons. The molecule has 0 aliphatic carbocycles. The SMILES string of the molecule is COc1ccc2nccc([C@@H](O)CN3CCC(N)C(F)C3)c2c1. The van der Waals surface area contributed by atoms with Crippen LogP contribution in [0, 0.1) is 0 Å². The van der Waals surface area contributed by atoms with E-state index in [2.05, 4.69) is 4.98 Å². The van der Waals surface area contributed by atoms with E-state index in [0.717, 1.165) is 16.5 Å². The zero-order valence-corrected chi connectivity index (χ0v) is 13.2. The normalized spacial score (nSPS) is 23.8. The molecule has 0 saturated carbocycles. The highest BCUT2D eigenvalue weighted by molar-refractivity contribution is 5.83. The Balaban J connectivity index is 1.81. The first kappa shape index (κ1) is 16.1. The smallest absolute Gasteiger partial charge is 0.128 e. The summed E-state index contributed by atoms with van der Waals surface area (Å²) >= 11 is 0. The van der Waals surface area contributed by atoms with E-state index in [1.54, 1.807) is 19.4 Å². The third-order valence-electron chi connectivity index (χ3n) is 4.45. The number of ether oxygens (including phenoxy) is 1. The van der Waals surface area contributed by atoms with Crippen molar-refractivity contribution in [1.29, 1.82) is 0 Å². The van der Waals surface area contributed by atoms with Gasteiger partial charge < -0.3 is 15.6 Å². The third-order valence-corrected chi connectivity index (χ3v) is 4.45. The third kappa shape index (κ3) is 3.44. The highest BCUT2D eigenvalue weighted by Gasteiger charge is 2.28. The van der Waals surface area contributed by atoms with Crippen LogP contribution in [0.25, 0.3) is 10.9 Å². The van der Waals surface area contributed by atoms with Crippen LogP contribution in [-0.2, 0) is 0 Å². The number of aliphatic hydroxyl groups is 1. The minimum Gasteiger partial charge on any atom is -0.497 e. The Labute approximate surface area is 134 Å². The number of hydrogen-bond donors (Lipinski definition) is 2. The second kappa shape index (κ2) is 6.78. The summed E-state index contributed by atoms with van der Waals surface area (Å²) in [7, 11) is 1.60. The zero-order chi connectivity index (χ0) is 16.4. The topological polar surface area (TPSA) is 71.6 Å². The van der Waals surface area contributed by atoms with Crippen molar-refractivity contribution in [1.82, 2.24) is 9.88 Å². The van der Waals surface area contributed by atoms with Crippen molar-refractivity contribution in [3.8, 4) is 5.75 Å². The molecule has 3 N–H and O–H groups in total. The fraction of sp³-hybridized carbons (Fsp3) is 0.471. The molecule has 1 fully saturated rings. The molecule has 1 aliphatic heterocycles. The van der Waals surface area contributed by atoms with E-state index >= 15 is 0 Å². The van der Waals surface area contributed by atoms with Crippen LogP contribution >= 0.6 is 0 Å².